The third-order valence-corrected chi connectivity index (χ3v) is 2.90. The van der Waals surface area contributed by atoms with Gasteiger partial charge in [0, 0.05) is 11.1 Å². The van der Waals surface area contributed by atoms with Crippen LogP contribution in [0.5, 0.6) is 0 Å². The predicted octanol–water partition coefficient (Wildman–Crippen LogP) is 3.07. The summed E-state index contributed by atoms with van der Waals surface area (Å²) in [5, 5.41) is 4.32. The lowest BCUT2D eigenvalue weighted by Crippen LogP contribution is -2.13. The molecule has 1 nitrogen and oxygen atoms in total. The van der Waals surface area contributed by atoms with Gasteiger partial charge in [-0.2, -0.15) is 0 Å². The fourth-order valence-corrected chi connectivity index (χ4v) is 2.21. The average molecular weight is 196 g/mol. The zero-order valence-electron chi connectivity index (χ0n) is 7.81. The molecule has 0 aliphatic carbocycles. The van der Waals surface area contributed by atoms with Gasteiger partial charge in [-0.25, -0.2) is 0 Å². The van der Waals surface area contributed by atoms with Crippen LogP contribution in [0.1, 0.15) is 30.0 Å². The van der Waals surface area contributed by atoms with Gasteiger partial charge in [0.1, 0.15) is 0 Å². The Morgan fingerprint density at radius 1 is 1.46 bits per heavy atom. The Labute approximate surface area is 84.1 Å². The first-order chi connectivity index (χ1) is 6.27. The van der Waals surface area contributed by atoms with E-state index in [0.717, 1.165) is 11.6 Å². The lowest BCUT2D eigenvalue weighted by Gasteiger charge is -2.13. The maximum Gasteiger partial charge on any atom is 0.0408 e. The molecule has 1 aliphatic rings. The molecule has 2 rings (SSSR count). The van der Waals surface area contributed by atoms with Crippen LogP contribution < -0.4 is 5.32 Å². The molecule has 2 heteroatoms. The molecule has 0 unspecified atom stereocenters. The van der Waals surface area contributed by atoms with Crippen LogP contribution in [0.25, 0.3) is 0 Å². The summed E-state index contributed by atoms with van der Waals surface area (Å²) in [5.74, 6) is 0. The zero-order valence-corrected chi connectivity index (χ0v) is 8.56. The number of hydrogen-bond donors (Lipinski definition) is 1. The van der Waals surface area contributed by atoms with Crippen molar-refractivity contribution in [3.8, 4) is 0 Å². The first-order valence-corrected chi connectivity index (χ1v) is 5.14. The SMILES string of the molecule is Cc1cc(Cl)ccc1[C@@H]1CCCN1. The van der Waals surface area contributed by atoms with Crippen LogP contribution >= 0.6 is 11.6 Å². The molecular weight excluding hydrogens is 182 g/mol. The molecule has 1 aliphatic heterocycles. The van der Waals surface area contributed by atoms with Gasteiger partial charge < -0.3 is 5.32 Å². The minimum atomic E-state index is 0.553. The van der Waals surface area contributed by atoms with Gasteiger partial charge in [0.25, 0.3) is 0 Å². The average Bonchev–Trinajstić information content (AvgIpc) is 2.56. The van der Waals surface area contributed by atoms with Crippen molar-refractivity contribution in [1.82, 2.24) is 5.32 Å². The van der Waals surface area contributed by atoms with Gasteiger partial charge in [-0.05, 0) is 49.6 Å². The Morgan fingerprint density at radius 2 is 2.31 bits per heavy atom. The van der Waals surface area contributed by atoms with Crippen molar-refractivity contribution in [1.29, 1.82) is 0 Å². The lowest BCUT2D eigenvalue weighted by atomic mass is 10.0. The third kappa shape index (κ3) is 1.87. The van der Waals surface area contributed by atoms with Gasteiger partial charge in [0.2, 0.25) is 0 Å². The predicted molar refractivity (Wildman–Crippen MR) is 56.2 cm³/mol. The molecular formula is C11H14ClN. The van der Waals surface area contributed by atoms with Crippen LogP contribution in [0.4, 0.5) is 0 Å². The van der Waals surface area contributed by atoms with E-state index >= 15 is 0 Å². The molecule has 0 saturated carbocycles. The van der Waals surface area contributed by atoms with Crippen molar-refractivity contribution in [2.45, 2.75) is 25.8 Å². The van der Waals surface area contributed by atoms with Crippen molar-refractivity contribution in [3.05, 3.63) is 34.3 Å². The van der Waals surface area contributed by atoms with Crippen LogP contribution in [0.15, 0.2) is 18.2 Å². The molecule has 0 bridgehead atoms. The molecule has 0 aromatic heterocycles. The lowest BCUT2D eigenvalue weighted by molar-refractivity contribution is 0.644. The van der Waals surface area contributed by atoms with Gasteiger partial charge in [0.05, 0.1) is 0 Å². The fourth-order valence-electron chi connectivity index (χ4n) is 1.98. The summed E-state index contributed by atoms with van der Waals surface area (Å²) < 4.78 is 0. The molecule has 0 spiro atoms. The van der Waals surface area contributed by atoms with Crippen LogP contribution in [0.3, 0.4) is 0 Å². The zero-order chi connectivity index (χ0) is 9.26. The van der Waals surface area contributed by atoms with E-state index in [9.17, 15) is 0 Å². The summed E-state index contributed by atoms with van der Waals surface area (Å²) in [5.41, 5.74) is 2.70. The van der Waals surface area contributed by atoms with E-state index in [-0.39, 0.29) is 0 Å². The number of nitrogens with one attached hydrogen (secondary N) is 1. The molecule has 1 saturated heterocycles. The topological polar surface area (TPSA) is 12.0 Å². The Morgan fingerprint density at radius 3 is 2.92 bits per heavy atom. The summed E-state index contributed by atoms with van der Waals surface area (Å²) in [6, 6.07) is 6.71. The van der Waals surface area contributed by atoms with Crippen molar-refractivity contribution in [3.63, 3.8) is 0 Å². The maximum atomic E-state index is 5.90. The second-order valence-corrected chi connectivity index (χ2v) is 4.09. The van der Waals surface area contributed by atoms with Crippen molar-refractivity contribution >= 4 is 11.6 Å². The van der Waals surface area contributed by atoms with Crippen LogP contribution in [-0.4, -0.2) is 6.54 Å². The summed E-state index contributed by atoms with van der Waals surface area (Å²) in [4.78, 5) is 0. The minimum absolute atomic E-state index is 0.553. The second-order valence-electron chi connectivity index (χ2n) is 3.65. The normalized spacial score (nSPS) is 22.2. The first-order valence-electron chi connectivity index (χ1n) is 4.77. The minimum Gasteiger partial charge on any atom is -0.310 e. The van der Waals surface area contributed by atoms with E-state index in [1.807, 2.05) is 12.1 Å². The number of benzene rings is 1. The smallest absolute Gasteiger partial charge is 0.0408 e. The van der Waals surface area contributed by atoms with Crippen molar-refractivity contribution in [2.75, 3.05) is 6.54 Å². The van der Waals surface area contributed by atoms with Gasteiger partial charge in [-0.15, -0.1) is 0 Å². The van der Waals surface area contributed by atoms with E-state index in [1.54, 1.807) is 0 Å². The summed E-state index contributed by atoms with van der Waals surface area (Å²) in [6.07, 6.45) is 2.54. The molecule has 1 aromatic carbocycles. The molecule has 13 heavy (non-hydrogen) atoms. The highest BCUT2D eigenvalue weighted by molar-refractivity contribution is 6.30. The fraction of sp³-hybridized carbons (Fsp3) is 0.455. The molecule has 1 atom stereocenters. The monoisotopic (exact) mass is 195 g/mol. The van der Waals surface area contributed by atoms with Gasteiger partial charge in [-0.1, -0.05) is 17.7 Å². The molecule has 0 amide bonds. The summed E-state index contributed by atoms with van der Waals surface area (Å²) >= 11 is 5.90. The molecule has 1 aromatic rings. The number of halogens is 1. The van der Waals surface area contributed by atoms with Crippen LogP contribution in [0, 0.1) is 6.92 Å². The van der Waals surface area contributed by atoms with Gasteiger partial charge >= 0.3 is 0 Å². The van der Waals surface area contributed by atoms with E-state index in [0.29, 0.717) is 6.04 Å². The van der Waals surface area contributed by atoms with Gasteiger partial charge in [-0.3, -0.25) is 0 Å². The van der Waals surface area contributed by atoms with E-state index in [2.05, 4.69) is 18.3 Å². The molecule has 0 radical (unpaired) electrons. The molecule has 1 heterocycles. The maximum absolute atomic E-state index is 5.90. The van der Waals surface area contributed by atoms with E-state index < -0.39 is 0 Å². The van der Waals surface area contributed by atoms with Crippen LogP contribution in [0.2, 0.25) is 5.02 Å². The standard InChI is InChI=1S/C11H14ClN/c1-8-7-9(12)4-5-10(8)11-3-2-6-13-11/h4-5,7,11,13H,2-3,6H2,1H3/t11-/m0/s1. The molecule has 1 fully saturated rings. The Bertz CT molecular complexity index is 303. The summed E-state index contributed by atoms with van der Waals surface area (Å²) in [7, 11) is 0. The van der Waals surface area contributed by atoms with Crippen LogP contribution in [-0.2, 0) is 0 Å². The Hall–Kier alpha value is -0.530. The van der Waals surface area contributed by atoms with E-state index in [4.69, 9.17) is 11.6 Å². The van der Waals surface area contributed by atoms with Gasteiger partial charge in [0.15, 0.2) is 0 Å². The second kappa shape index (κ2) is 3.69. The highest BCUT2D eigenvalue weighted by atomic mass is 35.5. The summed E-state index contributed by atoms with van der Waals surface area (Å²) in [6.45, 7) is 3.27. The largest absolute Gasteiger partial charge is 0.310 e. The first kappa shape index (κ1) is 9.04. The number of hydrogen-bond acceptors (Lipinski definition) is 1. The van der Waals surface area contributed by atoms with E-state index in [1.165, 1.54) is 24.0 Å². The third-order valence-electron chi connectivity index (χ3n) is 2.67. The highest BCUT2D eigenvalue weighted by Crippen LogP contribution is 2.27. The Balaban J connectivity index is 2.29. The van der Waals surface area contributed by atoms with Crippen molar-refractivity contribution < 1.29 is 0 Å². The van der Waals surface area contributed by atoms with Crippen molar-refractivity contribution in [2.24, 2.45) is 0 Å². The number of rotatable bonds is 1. The molecule has 70 valence electrons. The highest BCUT2D eigenvalue weighted by Gasteiger charge is 2.17. The quantitative estimate of drug-likeness (QED) is 0.727. The Kier molecular flexibility index (Phi) is 2.56. The molecule has 1 N–H and O–H groups in total. The number of aryl methyl sites for hydroxylation is 1.